The van der Waals surface area contributed by atoms with Crippen molar-refractivity contribution in [2.24, 2.45) is 11.0 Å². The lowest BCUT2D eigenvalue weighted by atomic mass is 9.78. The highest BCUT2D eigenvalue weighted by molar-refractivity contribution is 6.31. The van der Waals surface area contributed by atoms with Gasteiger partial charge in [-0.2, -0.15) is 5.10 Å². The van der Waals surface area contributed by atoms with Gasteiger partial charge >= 0.3 is 0 Å². The van der Waals surface area contributed by atoms with Crippen LogP contribution in [0.5, 0.6) is 0 Å². The van der Waals surface area contributed by atoms with E-state index in [0.717, 1.165) is 31.5 Å². The summed E-state index contributed by atoms with van der Waals surface area (Å²) in [5.41, 5.74) is 2.19. The Labute approximate surface area is 129 Å². The number of carbonyl (C=O) groups excluding carboxylic acids is 1. The number of nitrogens with zero attached hydrogens (tertiary/aromatic N) is 3. The molecule has 1 amide bonds. The van der Waals surface area contributed by atoms with E-state index in [0.29, 0.717) is 10.9 Å². The van der Waals surface area contributed by atoms with Crippen LogP contribution in [0, 0.1) is 5.92 Å². The Morgan fingerprint density at radius 1 is 1.24 bits per heavy atom. The molecular weight excluding hydrogens is 286 g/mol. The van der Waals surface area contributed by atoms with Crippen molar-refractivity contribution in [1.29, 1.82) is 0 Å². The molecule has 2 atom stereocenters. The summed E-state index contributed by atoms with van der Waals surface area (Å²) in [7, 11) is 0. The minimum atomic E-state index is -0.0747. The monoisotopic (exact) mass is 303 g/mol. The number of fused-ring (bicyclic) bond motifs is 2. The van der Waals surface area contributed by atoms with E-state index in [9.17, 15) is 4.79 Å². The first-order chi connectivity index (χ1) is 10.2. The zero-order valence-electron chi connectivity index (χ0n) is 12.0. The largest absolute Gasteiger partial charge is 0.293 e. The van der Waals surface area contributed by atoms with E-state index >= 15 is 0 Å². The second-order valence-electron chi connectivity index (χ2n) is 6.11. The fourth-order valence-corrected chi connectivity index (χ4v) is 4.26. The second kappa shape index (κ2) is 4.82. The Hall–Kier alpha value is -1.39. The molecule has 0 N–H and O–H groups in total. The predicted molar refractivity (Wildman–Crippen MR) is 82.2 cm³/mol. The Morgan fingerprint density at radius 3 is 2.62 bits per heavy atom. The molecule has 4 nitrogen and oxygen atoms in total. The molecule has 0 aromatic heterocycles. The Balaban J connectivity index is 1.81. The highest BCUT2D eigenvalue weighted by Gasteiger charge is 2.50. The number of hydrogen-bond acceptors (Lipinski definition) is 3. The van der Waals surface area contributed by atoms with Crippen molar-refractivity contribution in [2.75, 3.05) is 13.1 Å². The summed E-state index contributed by atoms with van der Waals surface area (Å²) < 4.78 is 0. The molecule has 0 saturated carbocycles. The number of halogens is 1. The molecule has 4 heterocycles. The van der Waals surface area contributed by atoms with Gasteiger partial charge in [-0.15, -0.1) is 0 Å². The minimum absolute atomic E-state index is 0.0116. The van der Waals surface area contributed by atoms with Gasteiger partial charge in [0.1, 0.15) is 6.04 Å². The van der Waals surface area contributed by atoms with Crippen molar-refractivity contribution in [3.8, 4) is 0 Å². The van der Waals surface area contributed by atoms with Crippen LogP contribution < -0.4 is 0 Å². The van der Waals surface area contributed by atoms with Gasteiger partial charge in [0.15, 0.2) is 0 Å². The molecule has 3 saturated heterocycles. The third kappa shape index (κ3) is 1.93. The van der Waals surface area contributed by atoms with Gasteiger partial charge in [0, 0.05) is 17.9 Å². The maximum absolute atomic E-state index is 12.1. The van der Waals surface area contributed by atoms with Crippen LogP contribution in [0.1, 0.15) is 31.4 Å². The number of hydrogen-bond donors (Lipinski definition) is 0. The Morgan fingerprint density at radius 2 is 1.95 bits per heavy atom. The fraction of sp³-hybridized carbons (Fsp3) is 0.500. The van der Waals surface area contributed by atoms with Gasteiger partial charge in [-0.05, 0) is 37.6 Å². The number of piperidine rings is 3. The van der Waals surface area contributed by atoms with Crippen molar-refractivity contribution >= 4 is 23.2 Å². The average Bonchev–Trinajstić information content (AvgIpc) is 2.91. The van der Waals surface area contributed by atoms with Crippen LogP contribution in [0.15, 0.2) is 29.4 Å². The first kappa shape index (κ1) is 13.3. The van der Waals surface area contributed by atoms with Crippen LogP contribution in [-0.4, -0.2) is 40.7 Å². The number of hydrazone groups is 1. The Kier molecular flexibility index (Phi) is 3.05. The summed E-state index contributed by atoms with van der Waals surface area (Å²) >= 11 is 6.40. The van der Waals surface area contributed by atoms with E-state index in [1.165, 1.54) is 5.71 Å². The summed E-state index contributed by atoms with van der Waals surface area (Å²) in [6, 6.07) is 7.95. The van der Waals surface area contributed by atoms with E-state index in [4.69, 9.17) is 16.7 Å². The van der Waals surface area contributed by atoms with Crippen LogP contribution in [-0.2, 0) is 4.79 Å². The van der Waals surface area contributed by atoms with E-state index in [2.05, 4.69) is 4.90 Å². The Bertz CT molecular complexity index is 622. The van der Waals surface area contributed by atoms with Gasteiger partial charge < -0.3 is 0 Å². The van der Waals surface area contributed by atoms with Gasteiger partial charge in [0.05, 0.1) is 11.8 Å². The molecule has 5 rings (SSSR count). The quantitative estimate of drug-likeness (QED) is 0.800. The molecule has 4 aliphatic heterocycles. The molecule has 21 heavy (non-hydrogen) atoms. The zero-order valence-corrected chi connectivity index (χ0v) is 12.8. The normalized spacial score (nSPS) is 33.8. The standard InChI is InChI=1S/C16H18ClN3O/c1-10(21)20-15(12-4-2-3-5-13(12)17)16-14(18-20)11-6-8-19(16)9-7-11/h2-5,11,15-16H,6-9H2,1H3/t15-,16-/m0/s1. The summed E-state index contributed by atoms with van der Waals surface area (Å²) in [5, 5.41) is 7.06. The van der Waals surface area contributed by atoms with Crippen LogP contribution >= 0.6 is 11.6 Å². The van der Waals surface area contributed by atoms with Crippen LogP contribution in [0.3, 0.4) is 0 Å². The predicted octanol–water partition coefficient (Wildman–Crippen LogP) is 2.69. The van der Waals surface area contributed by atoms with Crippen molar-refractivity contribution in [2.45, 2.75) is 31.8 Å². The summed E-state index contributed by atoms with van der Waals surface area (Å²) in [6.07, 6.45) is 2.33. The van der Waals surface area contributed by atoms with Crippen molar-refractivity contribution < 1.29 is 4.79 Å². The number of benzene rings is 1. The molecule has 0 spiro atoms. The van der Waals surface area contributed by atoms with Crippen molar-refractivity contribution in [3.63, 3.8) is 0 Å². The molecule has 0 unspecified atom stereocenters. The highest BCUT2D eigenvalue weighted by atomic mass is 35.5. The maximum atomic E-state index is 12.1. The van der Waals surface area contributed by atoms with Gasteiger partial charge in [0.2, 0.25) is 5.91 Å². The fourth-order valence-electron chi connectivity index (χ4n) is 4.01. The van der Waals surface area contributed by atoms with E-state index in [1.54, 1.807) is 11.9 Å². The van der Waals surface area contributed by atoms with Gasteiger partial charge in [-0.25, -0.2) is 5.01 Å². The lowest BCUT2D eigenvalue weighted by Crippen LogP contribution is -2.56. The summed E-state index contributed by atoms with van der Waals surface area (Å²) in [4.78, 5) is 14.5. The number of rotatable bonds is 1. The first-order valence-electron chi connectivity index (χ1n) is 7.53. The SMILES string of the molecule is CC(=O)N1N=C2C3CCN(CC3)[C@@H]2[C@@H]1c1ccccc1Cl. The molecule has 3 fully saturated rings. The molecular formula is C16H18ClN3O. The molecule has 0 aliphatic carbocycles. The molecule has 5 heteroatoms. The minimum Gasteiger partial charge on any atom is -0.293 e. The van der Waals surface area contributed by atoms with Crippen LogP contribution in [0.2, 0.25) is 5.02 Å². The van der Waals surface area contributed by atoms with Crippen molar-refractivity contribution in [3.05, 3.63) is 34.9 Å². The molecule has 2 bridgehead atoms. The third-order valence-corrected chi connectivity index (χ3v) is 5.32. The maximum Gasteiger partial charge on any atom is 0.240 e. The lowest BCUT2D eigenvalue weighted by molar-refractivity contribution is -0.131. The molecule has 0 radical (unpaired) electrons. The van der Waals surface area contributed by atoms with E-state index in [1.807, 2.05) is 24.3 Å². The zero-order chi connectivity index (χ0) is 14.6. The summed E-state index contributed by atoms with van der Waals surface area (Å²) in [6.45, 7) is 3.78. The molecule has 1 aromatic carbocycles. The average molecular weight is 304 g/mol. The lowest BCUT2D eigenvalue weighted by Gasteiger charge is -2.46. The second-order valence-corrected chi connectivity index (χ2v) is 6.52. The number of amides is 1. The van der Waals surface area contributed by atoms with Gasteiger partial charge in [-0.1, -0.05) is 29.8 Å². The number of carbonyl (C=O) groups is 1. The van der Waals surface area contributed by atoms with E-state index < -0.39 is 0 Å². The topological polar surface area (TPSA) is 35.9 Å². The van der Waals surface area contributed by atoms with Gasteiger partial charge in [0.25, 0.3) is 0 Å². The van der Waals surface area contributed by atoms with Gasteiger partial charge in [-0.3, -0.25) is 9.69 Å². The third-order valence-electron chi connectivity index (χ3n) is 4.98. The molecule has 4 aliphatic rings. The van der Waals surface area contributed by atoms with E-state index in [-0.39, 0.29) is 18.0 Å². The molecule has 110 valence electrons. The van der Waals surface area contributed by atoms with Crippen LogP contribution in [0.4, 0.5) is 0 Å². The highest BCUT2D eigenvalue weighted by Crippen LogP contribution is 2.44. The summed E-state index contributed by atoms with van der Waals surface area (Å²) in [5.74, 6) is 0.525. The van der Waals surface area contributed by atoms with Crippen LogP contribution in [0.25, 0.3) is 0 Å². The smallest absolute Gasteiger partial charge is 0.240 e. The first-order valence-corrected chi connectivity index (χ1v) is 7.91. The molecule has 1 aromatic rings. The van der Waals surface area contributed by atoms with Crippen molar-refractivity contribution in [1.82, 2.24) is 9.91 Å².